The van der Waals surface area contributed by atoms with Crippen LogP contribution in [0.1, 0.15) is 16.5 Å². The molecule has 0 unspecified atom stereocenters. The van der Waals surface area contributed by atoms with E-state index in [1.54, 1.807) is 28.5 Å². The molecule has 0 saturated carbocycles. The van der Waals surface area contributed by atoms with Gasteiger partial charge in [0.05, 0.1) is 11.4 Å². The molecule has 2 saturated heterocycles. The van der Waals surface area contributed by atoms with E-state index in [2.05, 4.69) is 0 Å². The summed E-state index contributed by atoms with van der Waals surface area (Å²) in [4.78, 5) is 34.9. The molecule has 1 aromatic heterocycles. The normalized spacial score (nSPS) is 24.1. The number of carbonyl (C=O) groups excluding carboxylic acids is 2. The van der Waals surface area contributed by atoms with Crippen LogP contribution in [0.15, 0.2) is 72.1 Å². The highest BCUT2D eigenvalue weighted by Crippen LogP contribution is 2.49. The summed E-state index contributed by atoms with van der Waals surface area (Å²) in [5, 5.41) is 3.74. The number of thiophene rings is 1. The van der Waals surface area contributed by atoms with Crippen LogP contribution < -0.4 is 9.96 Å². The molecular formula is C22H18N2O3S. The van der Waals surface area contributed by atoms with Crippen LogP contribution >= 0.6 is 11.3 Å². The van der Waals surface area contributed by atoms with Crippen molar-refractivity contribution in [2.45, 2.75) is 19.1 Å². The van der Waals surface area contributed by atoms with Crippen LogP contribution in [0.25, 0.3) is 0 Å². The highest BCUT2D eigenvalue weighted by molar-refractivity contribution is 7.10. The Morgan fingerprint density at radius 1 is 0.893 bits per heavy atom. The largest absolute Gasteiger partial charge is 0.273 e. The monoisotopic (exact) mass is 390 g/mol. The van der Waals surface area contributed by atoms with E-state index in [4.69, 9.17) is 4.84 Å². The fourth-order valence-electron chi connectivity index (χ4n) is 4.01. The highest BCUT2D eigenvalue weighted by atomic mass is 32.1. The van der Waals surface area contributed by atoms with Crippen LogP contribution in [0, 0.1) is 12.8 Å². The number of anilines is 2. The smallest absolute Gasteiger partial charge is 0.266 e. The van der Waals surface area contributed by atoms with Gasteiger partial charge in [0.1, 0.15) is 12.0 Å². The molecule has 2 aromatic carbocycles. The van der Waals surface area contributed by atoms with E-state index in [1.807, 2.05) is 66.9 Å². The number of fused-ring (bicyclic) bond motifs is 1. The minimum atomic E-state index is -0.820. The predicted molar refractivity (Wildman–Crippen MR) is 108 cm³/mol. The summed E-state index contributed by atoms with van der Waals surface area (Å²) in [5.41, 5.74) is 2.49. The van der Waals surface area contributed by atoms with E-state index in [-0.39, 0.29) is 17.9 Å². The zero-order chi connectivity index (χ0) is 19.3. The second-order valence-corrected chi connectivity index (χ2v) is 7.95. The van der Waals surface area contributed by atoms with Gasteiger partial charge in [0.15, 0.2) is 6.10 Å². The van der Waals surface area contributed by atoms with Crippen molar-refractivity contribution in [3.05, 3.63) is 82.6 Å². The predicted octanol–water partition coefficient (Wildman–Crippen LogP) is 4.11. The molecule has 3 heterocycles. The van der Waals surface area contributed by atoms with E-state index in [9.17, 15) is 9.59 Å². The van der Waals surface area contributed by atoms with Crippen LogP contribution in [0.4, 0.5) is 11.4 Å². The van der Waals surface area contributed by atoms with Gasteiger partial charge in [-0.15, -0.1) is 11.3 Å². The van der Waals surface area contributed by atoms with Gasteiger partial charge < -0.3 is 0 Å². The van der Waals surface area contributed by atoms with Crippen molar-refractivity contribution in [3.8, 4) is 0 Å². The molecule has 0 spiro atoms. The lowest BCUT2D eigenvalue weighted by atomic mass is 9.95. The Morgan fingerprint density at radius 2 is 1.64 bits per heavy atom. The van der Waals surface area contributed by atoms with Crippen molar-refractivity contribution in [2.75, 3.05) is 9.96 Å². The molecule has 0 bridgehead atoms. The third-order valence-corrected chi connectivity index (χ3v) is 6.26. The van der Waals surface area contributed by atoms with Crippen LogP contribution in [0.3, 0.4) is 0 Å². The number of hydrogen-bond donors (Lipinski definition) is 0. The molecule has 140 valence electrons. The van der Waals surface area contributed by atoms with Gasteiger partial charge in [-0.3, -0.25) is 14.4 Å². The molecule has 0 radical (unpaired) electrons. The number of benzene rings is 2. The van der Waals surface area contributed by atoms with Crippen LogP contribution in [-0.4, -0.2) is 17.9 Å². The van der Waals surface area contributed by atoms with Crippen LogP contribution in [-0.2, 0) is 14.4 Å². The first-order chi connectivity index (χ1) is 13.7. The van der Waals surface area contributed by atoms with Crippen molar-refractivity contribution in [2.24, 2.45) is 5.92 Å². The summed E-state index contributed by atoms with van der Waals surface area (Å²) in [5.74, 6) is -1.10. The molecule has 2 fully saturated rings. The quantitative estimate of drug-likeness (QED) is 0.632. The minimum absolute atomic E-state index is 0.212. The number of nitrogens with zero attached hydrogens (tertiary/aromatic N) is 2. The lowest BCUT2D eigenvalue weighted by molar-refractivity contribution is -0.126. The number of aryl methyl sites for hydroxylation is 1. The van der Waals surface area contributed by atoms with Crippen molar-refractivity contribution in [1.82, 2.24) is 0 Å². The number of rotatable bonds is 3. The second-order valence-electron chi connectivity index (χ2n) is 6.97. The topological polar surface area (TPSA) is 49.9 Å². The van der Waals surface area contributed by atoms with E-state index in [0.29, 0.717) is 5.69 Å². The third kappa shape index (κ3) is 2.49. The lowest BCUT2D eigenvalue weighted by Gasteiger charge is -2.28. The summed E-state index contributed by atoms with van der Waals surface area (Å²) >= 11 is 1.57. The molecule has 6 heteroatoms. The van der Waals surface area contributed by atoms with Crippen LogP contribution in [0.2, 0.25) is 0 Å². The number of amides is 2. The van der Waals surface area contributed by atoms with Gasteiger partial charge in [0.25, 0.3) is 5.91 Å². The number of imide groups is 1. The molecule has 3 atom stereocenters. The maximum absolute atomic E-state index is 13.4. The Balaban J connectivity index is 1.59. The Kier molecular flexibility index (Phi) is 4.03. The van der Waals surface area contributed by atoms with Crippen molar-refractivity contribution >= 4 is 34.5 Å². The van der Waals surface area contributed by atoms with Crippen LogP contribution in [0.5, 0.6) is 0 Å². The SMILES string of the molecule is Cc1ccccc1N1O[C@@H]2C(=O)N(c3ccccc3)C(=O)[C@H]2[C@@H]1c1cccs1. The number of hydrogen-bond acceptors (Lipinski definition) is 5. The zero-order valence-corrected chi connectivity index (χ0v) is 16.0. The fourth-order valence-corrected chi connectivity index (χ4v) is 4.87. The number of hydroxylamine groups is 1. The molecule has 0 aliphatic carbocycles. The summed E-state index contributed by atoms with van der Waals surface area (Å²) in [6.45, 7) is 2.00. The molecule has 2 aliphatic rings. The highest BCUT2D eigenvalue weighted by Gasteiger charge is 2.60. The lowest BCUT2D eigenvalue weighted by Crippen LogP contribution is -2.37. The van der Waals surface area contributed by atoms with Gasteiger partial charge >= 0.3 is 0 Å². The molecule has 2 amide bonds. The standard InChI is InChI=1S/C22H18N2O3S/c1-14-8-5-6-11-16(14)24-19(17-12-7-13-28-17)18-20(27-24)22(26)23(21(18)25)15-9-3-2-4-10-15/h2-13,18-20H,1H3/t18-,19-,20-/m0/s1. The summed E-state index contributed by atoms with van der Waals surface area (Å²) in [7, 11) is 0. The number of carbonyl (C=O) groups is 2. The Labute approximate surface area is 166 Å². The Morgan fingerprint density at radius 3 is 2.36 bits per heavy atom. The maximum atomic E-state index is 13.4. The first-order valence-electron chi connectivity index (χ1n) is 9.15. The number of para-hydroxylation sites is 2. The first kappa shape index (κ1) is 17.2. The van der Waals surface area contributed by atoms with Gasteiger partial charge in [0, 0.05) is 4.88 Å². The van der Waals surface area contributed by atoms with Gasteiger partial charge in [-0.05, 0) is 42.1 Å². The molecular weight excluding hydrogens is 372 g/mol. The zero-order valence-electron chi connectivity index (χ0n) is 15.2. The molecule has 2 aliphatic heterocycles. The minimum Gasteiger partial charge on any atom is -0.273 e. The molecule has 0 N–H and O–H groups in total. The summed E-state index contributed by atoms with van der Waals surface area (Å²) in [6, 6.07) is 20.5. The Hall–Kier alpha value is -2.96. The van der Waals surface area contributed by atoms with Gasteiger partial charge in [-0.1, -0.05) is 42.5 Å². The van der Waals surface area contributed by atoms with Crippen molar-refractivity contribution in [3.63, 3.8) is 0 Å². The maximum Gasteiger partial charge on any atom is 0.266 e. The van der Waals surface area contributed by atoms with Crippen molar-refractivity contribution < 1.29 is 14.4 Å². The summed E-state index contributed by atoms with van der Waals surface area (Å²) in [6.07, 6.45) is -0.820. The fraction of sp³-hybridized carbons (Fsp3) is 0.182. The molecule has 5 rings (SSSR count). The van der Waals surface area contributed by atoms with E-state index >= 15 is 0 Å². The van der Waals surface area contributed by atoms with Crippen molar-refractivity contribution in [1.29, 1.82) is 0 Å². The molecule has 5 nitrogen and oxygen atoms in total. The average Bonchev–Trinajstić information content (AvgIpc) is 3.41. The molecule has 28 heavy (non-hydrogen) atoms. The third-order valence-electron chi connectivity index (χ3n) is 5.32. The van der Waals surface area contributed by atoms with Gasteiger partial charge in [-0.25, -0.2) is 9.96 Å². The molecule has 3 aromatic rings. The van der Waals surface area contributed by atoms with E-state index in [1.165, 1.54) is 4.90 Å². The van der Waals surface area contributed by atoms with Gasteiger partial charge in [0.2, 0.25) is 5.91 Å². The first-order valence-corrected chi connectivity index (χ1v) is 10.0. The second kappa shape index (κ2) is 6.58. The van der Waals surface area contributed by atoms with E-state index in [0.717, 1.165) is 16.1 Å². The Bertz CT molecular complexity index is 1030. The summed E-state index contributed by atoms with van der Waals surface area (Å²) < 4.78 is 0. The average molecular weight is 390 g/mol. The van der Waals surface area contributed by atoms with Gasteiger partial charge in [-0.2, -0.15) is 0 Å². The van der Waals surface area contributed by atoms with E-state index < -0.39 is 12.0 Å².